The number of nitrogens with zero attached hydrogens (tertiary/aromatic N) is 1. The molecule has 0 amide bonds. The van der Waals surface area contributed by atoms with Crippen LogP contribution in [0.1, 0.15) is 10.4 Å². The molecule has 0 aliphatic carbocycles. The molecule has 0 saturated heterocycles. The molecule has 0 saturated carbocycles. The van der Waals surface area contributed by atoms with E-state index in [-0.39, 0.29) is 0 Å². The number of hydrogen-bond donors (Lipinski definition) is 0. The third-order valence-corrected chi connectivity index (χ3v) is 6.34. The van der Waals surface area contributed by atoms with Gasteiger partial charge in [0, 0.05) is 16.6 Å². The summed E-state index contributed by atoms with van der Waals surface area (Å²) in [6.07, 6.45) is 1.95. The minimum atomic E-state index is 1.10. The predicted molar refractivity (Wildman–Crippen MR) is 110 cm³/mol. The molecule has 2 heterocycles. The molecule has 0 aliphatic rings. The third-order valence-electron chi connectivity index (χ3n) is 5.11. The number of hydrogen-bond acceptors (Lipinski definition) is 2. The van der Waals surface area contributed by atoms with Gasteiger partial charge in [-0.2, -0.15) is 0 Å². The fraction of sp³-hybridized carbons (Fsp3) is 0.0870. The van der Waals surface area contributed by atoms with Crippen LogP contribution in [0, 0.1) is 13.8 Å². The highest BCUT2D eigenvalue weighted by atomic mass is 32.1. The van der Waals surface area contributed by atoms with Crippen LogP contribution in [-0.4, -0.2) is 4.98 Å². The second-order valence-corrected chi connectivity index (χ2v) is 7.74. The highest BCUT2D eigenvalue weighted by Gasteiger charge is 2.15. The molecular weight excluding hydrogens is 322 g/mol. The van der Waals surface area contributed by atoms with Gasteiger partial charge < -0.3 is 0 Å². The van der Waals surface area contributed by atoms with Crippen LogP contribution >= 0.6 is 11.3 Å². The molecule has 0 bridgehead atoms. The Balaban J connectivity index is 1.97. The van der Waals surface area contributed by atoms with E-state index in [4.69, 9.17) is 4.98 Å². The molecule has 0 N–H and O–H groups in total. The number of aryl methyl sites for hydroxylation is 2. The Labute approximate surface area is 150 Å². The molecule has 2 aromatic heterocycles. The molecule has 5 rings (SSSR count). The zero-order valence-electron chi connectivity index (χ0n) is 14.2. The largest absolute Gasteiger partial charge is 0.255 e. The summed E-state index contributed by atoms with van der Waals surface area (Å²) in [7, 11) is 0. The second-order valence-electron chi connectivity index (χ2n) is 6.51. The smallest absolute Gasteiger partial charge is 0.0886 e. The van der Waals surface area contributed by atoms with Crippen molar-refractivity contribution in [3.63, 3.8) is 0 Å². The first-order valence-corrected chi connectivity index (χ1v) is 9.31. The number of benzene rings is 3. The average Bonchev–Trinajstić information content (AvgIpc) is 2.95. The van der Waals surface area contributed by atoms with Gasteiger partial charge in [-0.25, -0.2) is 0 Å². The second kappa shape index (κ2) is 5.40. The van der Waals surface area contributed by atoms with E-state index in [1.54, 1.807) is 0 Å². The Morgan fingerprint density at radius 2 is 1.48 bits per heavy atom. The van der Waals surface area contributed by atoms with Crippen LogP contribution in [0.25, 0.3) is 42.9 Å². The van der Waals surface area contributed by atoms with E-state index in [2.05, 4.69) is 74.5 Å². The van der Waals surface area contributed by atoms with Gasteiger partial charge in [0.15, 0.2) is 0 Å². The van der Waals surface area contributed by atoms with Crippen molar-refractivity contribution < 1.29 is 0 Å². The maximum Gasteiger partial charge on any atom is 0.0886 e. The third kappa shape index (κ3) is 2.11. The van der Waals surface area contributed by atoms with Crippen molar-refractivity contribution in [1.29, 1.82) is 0 Å². The van der Waals surface area contributed by atoms with Gasteiger partial charge in [0.25, 0.3) is 0 Å². The molecule has 3 aromatic carbocycles. The first kappa shape index (κ1) is 14.6. The number of thiophene rings is 1. The van der Waals surface area contributed by atoms with Crippen LogP contribution in [-0.2, 0) is 0 Å². The number of fused-ring (bicyclic) bond motifs is 4. The summed E-state index contributed by atoms with van der Waals surface area (Å²) in [6.45, 7) is 4.40. The van der Waals surface area contributed by atoms with E-state index >= 15 is 0 Å². The maximum absolute atomic E-state index is 4.80. The van der Waals surface area contributed by atoms with Crippen LogP contribution in [0.15, 0.2) is 66.9 Å². The van der Waals surface area contributed by atoms with Gasteiger partial charge in [0.1, 0.15) is 0 Å². The average molecular weight is 339 g/mol. The van der Waals surface area contributed by atoms with Crippen molar-refractivity contribution in [1.82, 2.24) is 4.98 Å². The first-order valence-electron chi connectivity index (χ1n) is 8.49. The van der Waals surface area contributed by atoms with Crippen molar-refractivity contribution in [2.75, 3.05) is 0 Å². The maximum atomic E-state index is 4.80. The molecule has 5 aromatic rings. The Morgan fingerprint density at radius 3 is 2.32 bits per heavy atom. The predicted octanol–water partition coefficient (Wildman–Crippen LogP) is 6.89. The van der Waals surface area contributed by atoms with Gasteiger partial charge in [-0.1, -0.05) is 48.5 Å². The van der Waals surface area contributed by atoms with E-state index < -0.39 is 0 Å². The van der Waals surface area contributed by atoms with Gasteiger partial charge in [-0.05, 0) is 58.5 Å². The molecule has 0 fully saturated rings. The number of rotatable bonds is 1. The van der Waals surface area contributed by atoms with Crippen LogP contribution in [0.5, 0.6) is 0 Å². The van der Waals surface area contributed by atoms with E-state index in [1.807, 2.05) is 17.5 Å². The molecule has 1 nitrogen and oxygen atoms in total. The lowest BCUT2D eigenvalue weighted by Gasteiger charge is -2.11. The van der Waals surface area contributed by atoms with Crippen LogP contribution < -0.4 is 0 Å². The summed E-state index contributed by atoms with van der Waals surface area (Å²) < 4.78 is 1.29. The van der Waals surface area contributed by atoms with Crippen molar-refractivity contribution in [3.8, 4) is 11.3 Å². The van der Waals surface area contributed by atoms with Crippen LogP contribution in [0.2, 0.25) is 0 Å². The standard InChI is InChI=1S/C23H17NS/c1-14-15(2)25-23-17(14)11-12-24-22(23)21-13-16-7-3-4-8-18(16)19-9-5-6-10-20(19)21/h3-13H,1-2H3. The molecule has 0 radical (unpaired) electrons. The van der Waals surface area contributed by atoms with Gasteiger partial charge in [-0.3, -0.25) is 4.98 Å². The minimum Gasteiger partial charge on any atom is -0.255 e. The lowest BCUT2D eigenvalue weighted by atomic mass is 9.95. The molecule has 120 valence electrons. The first-order chi connectivity index (χ1) is 12.2. The number of aromatic nitrogens is 1. The fourth-order valence-corrected chi connectivity index (χ4v) is 4.87. The van der Waals surface area contributed by atoms with Gasteiger partial charge in [0.05, 0.1) is 10.4 Å². The van der Waals surface area contributed by atoms with Crippen molar-refractivity contribution in [2.45, 2.75) is 13.8 Å². The molecule has 0 spiro atoms. The highest BCUT2D eigenvalue weighted by molar-refractivity contribution is 7.19. The van der Waals surface area contributed by atoms with Gasteiger partial charge in [0.2, 0.25) is 0 Å². The zero-order chi connectivity index (χ0) is 17.0. The van der Waals surface area contributed by atoms with Crippen molar-refractivity contribution in [3.05, 3.63) is 77.3 Å². The quantitative estimate of drug-likeness (QED) is 0.303. The molecule has 0 atom stereocenters. The molecule has 2 heteroatoms. The Hall–Kier alpha value is -2.71. The molecular formula is C23H17NS. The molecule has 0 unspecified atom stereocenters. The minimum absolute atomic E-state index is 1.10. The lowest BCUT2D eigenvalue weighted by Crippen LogP contribution is -1.87. The zero-order valence-corrected chi connectivity index (χ0v) is 15.0. The topological polar surface area (TPSA) is 12.9 Å². The monoisotopic (exact) mass is 339 g/mol. The van der Waals surface area contributed by atoms with Crippen LogP contribution in [0.4, 0.5) is 0 Å². The summed E-state index contributed by atoms with van der Waals surface area (Å²) in [5.41, 5.74) is 3.69. The van der Waals surface area contributed by atoms with Crippen molar-refractivity contribution >= 4 is 43.0 Å². The van der Waals surface area contributed by atoms with Crippen molar-refractivity contribution in [2.24, 2.45) is 0 Å². The summed E-state index contributed by atoms with van der Waals surface area (Å²) in [5.74, 6) is 0. The van der Waals surface area contributed by atoms with E-state index in [0.29, 0.717) is 0 Å². The van der Waals surface area contributed by atoms with E-state index in [0.717, 1.165) is 5.69 Å². The molecule has 0 aliphatic heterocycles. The summed E-state index contributed by atoms with van der Waals surface area (Å²) in [5, 5.41) is 6.45. The van der Waals surface area contributed by atoms with E-state index in [1.165, 1.54) is 47.6 Å². The van der Waals surface area contributed by atoms with E-state index in [9.17, 15) is 0 Å². The Kier molecular flexibility index (Phi) is 3.16. The highest BCUT2D eigenvalue weighted by Crippen LogP contribution is 2.40. The van der Waals surface area contributed by atoms with Gasteiger partial charge >= 0.3 is 0 Å². The number of pyridine rings is 1. The molecule has 25 heavy (non-hydrogen) atoms. The lowest BCUT2D eigenvalue weighted by molar-refractivity contribution is 1.37. The van der Waals surface area contributed by atoms with Gasteiger partial charge in [-0.15, -0.1) is 11.3 Å². The summed E-state index contributed by atoms with van der Waals surface area (Å²) in [4.78, 5) is 6.17. The Bertz CT molecular complexity index is 1260. The normalized spacial score (nSPS) is 11.6. The Morgan fingerprint density at radius 1 is 0.760 bits per heavy atom. The summed E-state index contributed by atoms with van der Waals surface area (Å²) >= 11 is 1.85. The SMILES string of the molecule is Cc1sc2c(-c3cc4ccccc4c4ccccc34)nccc2c1C. The fourth-order valence-electron chi connectivity index (χ4n) is 3.71. The summed E-state index contributed by atoms with van der Waals surface area (Å²) in [6, 6.07) is 21.7. The van der Waals surface area contributed by atoms with Crippen LogP contribution in [0.3, 0.4) is 0 Å².